The molecular formula is C17H19N3. The molecule has 3 nitrogen and oxygen atoms in total. The first-order valence-corrected chi connectivity index (χ1v) is 6.77. The molecule has 2 rings (SSSR count). The van der Waals surface area contributed by atoms with Gasteiger partial charge in [-0.3, -0.25) is 0 Å². The van der Waals surface area contributed by atoms with Gasteiger partial charge in [0, 0.05) is 11.3 Å². The van der Waals surface area contributed by atoms with Crippen molar-refractivity contribution in [3.63, 3.8) is 0 Å². The Bertz CT molecular complexity index is 649. The van der Waals surface area contributed by atoms with Crippen molar-refractivity contribution in [1.29, 1.82) is 5.26 Å². The summed E-state index contributed by atoms with van der Waals surface area (Å²) in [5, 5.41) is 9.32. The van der Waals surface area contributed by atoms with Gasteiger partial charge in [0.2, 0.25) is 0 Å². The third kappa shape index (κ3) is 2.97. The highest BCUT2D eigenvalue weighted by molar-refractivity contribution is 5.75. The molecule has 0 aliphatic rings. The Hall–Kier alpha value is -2.34. The monoisotopic (exact) mass is 265 g/mol. The molecule has 1 aromatic carbocycles. The number of aryl methyl sites for hydroxylation is 1. The first-order chi connectivity index (χ1) is 9.51. The number of aromatic nitrogens is 1. The minimum Gasteiger partial charge on any atom is -0.383 e. The minimum atomic E-state index is 0.321. The molecule has 0 aliphatic carbocycles. The molecule has 0 bridgehead atoms. The molecule has 0 radical (unpaired) electrons. The molecule has 0 unspecified atom stereocenters. The second kappa shape index (κ2) is 5.75. The predicted molar refractivity (Wildman–Crippen MR) is 82.1 cm³/mol. The average Bonchev–Trinajstić information content (AvgIpc) is 2.38. The molecule has 2 aromatic rings. The van der Waals surface area contributed by atoms with Gasteiger partial charge < -0.3 is 5.73 Å². The molecule has 0 amide bonds. The molecule has 3 heteroatoms. The Balaban J connectivity index is 2.57. The zero-order valence-electron chi connectivity index (χ0n) is 12.1. The second-order valence-electron chi connectivity index (χ2n) is 5.50. The smallest absolute Gasteiger partial charge is 0.142 e. The third-order valence-electron chi connectivity index (χ3n) is 3.19. The highest BCUT2D eigenvalue weighted by Crippen LogP contribution is 2.28. The van der Waals surface area contributed by atoms with E-state index in [0.717, 1.165) is 23.2 Å². The van der Waals surface area contributed by atoms with Crippen LogP contribution in [0.1, 0.15) is 30.7 Å². The Morgan fingerprint density at radius 1 is 1.25 bits per heavy atom. The maximum absolute atomic E-state index is 9.32. The van der Waals surface area contributed by atoms with E-state index >= 15 is 0 Å². The number of nitrogens with zero attached hydrogens (tertiary/aromatic N) is 2. The second-order valence-corrected chi connectivity index (χ2v) is 5.50. The van der Waals surface area contributed by atoms with E-state index in [1.54, 1.807) is 0 Å². The fraction of sp³-hybridized carbons (Fsp3) is 0.294. The number of nitriles is 1. The van der Waals surface area contributed by atoms with E-state index in [1.807, 2.05) is 37.3 Å². The van der Waals surface area contributed by atoms with Crippen molar-refractivity contribution in [3.05, 3.63) is 47.2 Å². The van der Waals surface area contributed by atoms with Gasteiger partial charge in [-0.1, -0.05) is 43.7 Å². The lowest BCUT2D eigenvalue weighted by Gasteiger charge is -2.11. The lowest BCUT2D eigenvalue weighted by molar-refractivity contribution is 0.636. The fourth-order valence-electron chi connectivity index (χ4n) is 2.22. The number of nitrogen functional groups attached to an aromatic ring is 1. The van der Waals surface area contributed by atoms with Gasteiger partial charge in [-0.2, -0.15) is 5.26 Å². The maximum atomic E-state index is 9.32. The van der Waals surface area contributed by atoms with E-state index in [-0.39, 0.29) is 0 Å². The predicted octanol–water partition coefficient (Wildman–Crippen LogP) is 3.71. The zero-order chi connectivity index (χ0) is 14.7. The minimum absolute atomic E-state index is 0.321. The highest BCUT2D eigenvalue weighted by Gasteiger charge is 2.12. The average molecular weight is 265 g/mol. The van der Waals surface area contributed by atoms with Crippen molar-refractivity contribution in [1.82, 2.24) is 4.98 Å². The highest BCUT2D eigenvalue weighted by atomic mass is 14.8. The molecule has 1 aromatic heterocycles. The third-order valence-corrected chi connectivity index (χ3v) is 3.19. The lowest BCUT2D eigenvalue weighted by atomic mass is 9.97. The van der Waals surface area contributed by atoms with Gasteiger partial charge in [0.1, 0.15) is 17.5 Å². The number of anilines is 1. The first-order valence-electron chi connectivity index (χ1n) is 6.77. The molecule has 0 spiro atoms. The summed E-state index contributed by atoms with van der Waals surface area (Å²) in [5.74, 6) is 0.821. The largest absolute Gasteiger partial charge is 0.383 e. The van der Waals surface area contributed by atoms with Crippen LogP contribution in [0.4, 0.5) is 5.82 Å². The Labute approximate surface area is 120 Å². The molecule has 2 N–H and O–H groups in total. The van der Waals surface area contributed by atoms with Crippen LogP contribution in [0.15, 0.2) is 30.3 Å². The molecule has 0 saturated heterocycles. The van der Waals surface area contributed by atoms with E-state index in [4.69, 9.17) is 5.73 Å². The first kappa shape index (κ1) is 14.1. The number of benzene rings is 1. The van der Waals surface area contributed by atoms with E-state index < -0.39 is 0 Å². The Morgan fingerprint density at radius 3 is 2.45 bits per heavy atom. The Morgan fingerprint density at radius 2 is 1.90 bits per heavy atom. The lowest BCUT2D eigenvalue weighted by Crippen LogP contribution is -2.04. The van der Waals surface area contributed by atoms with Crippen LogP contribution in [0, 0.1) is 24.2 Å². The van der Waals surface area contributed by atoms with Crippen LogP contribution in [0.25, 0.3) is 11.1 Å². The topological polar surface area (TPSA) is 62.7 Å². The molecule has 0 aliphatic heterocycles. The molecule has 102 valence electrons. The molecule has 1 heterocycles. The summed E-state index contributed by atoms with van der Waals surface area (Å²) in [6.45, 7) is 6.32. The summed E-state index contributed by atoms with van der Waals surface area (Å²) in [7, 11) is 0. The van der Waals surface area contributed by atoms with Crippen molar-refractivity contribution in [3.8, 4) is 17.2 Å². The molecule has 0 atom stereocenters. The normalized spacial score (nSPS) is 10.6. The van der Waals surface area contributed by atoms with Crippen LogP contribution in [0.3, 0.4) is 0 Å². The van der Waals surface area contributed by atoms with Crippen molar-refractivity contribution in [2.75, 3.05) is 5.73 Å². The SMILES string of the molecule is Cc1ccc(-c2cc(CC(C)C)nc(N)c2C#N)cc1. The van der Waals surface area contributed by atoms with Crippen LogP contribution >= 0.6 is 0 Å². The standard InChI is InChI=1S/C17H19N3/c1-11(2)8-14-9-15(16(10-18)17(19)20-14)13-6-4-12(3)5-7-13/h4-7,9,11H,8H2,1-3H3,(H2,19,20). The van der Waals surface area contributed by atoms with E-state index in [0.29, 0.717) is 17.3 Å². The summed E-state index contributed by atoms with van der Waals surface area (Å²) in [5.41, 5.74) is 10.4. The van der Waals surface area contributed by atoms with Gasteiger partial charge in [0.25, 0.3) is 0 Å². The summed E-state index contributed by atoms with van der Waals surface area (Å²) in [6, 6.07) is 12.3. The number of pyridine rings is 1. The zero-order valence-corrected chi connectivity index (χ0v) is 12.1. The summed E-state index contributed by atoms with van der Waals surface area (Å²) in [6.07, 6.45) is 0.856. The van der Waals surface area contributed by atoms with Crippen LogP contribution in [0.5, 0.6) is 0 Å². The molecule has 20 heavy (non-hydrogen) atoms. The van der Waals surface area contributed by atoms with Crippen molar-refractivity contribution < 1.29 is 0 Å². The Kier molecular flexibility index (Phi) is 4.05. The number of hydrogen-bond acceptors (Lipinski definition) is 3. The molecule has 0 saturated carbocycles. The number of nitrogens with two attached hydrogens (primary N) is 1. The van der Waals surface area contributed by atoms with Crippen molar-refractivity contribution in [2.45, 2.75) is 27.2 Å². The summed E-state index contributed by atoms with van der Waals surface area (Å²) < 4.78 is 0. The van der Waals surface area contributed by atoms with E-state index in [9.17, 15) is 5.26 Å². The number of hydrogen-bond donors (Lipinski definition) is 1. The molecule has 0 fully saturated rings. The number of rotatable bonds is 3. The van der Waals surface area contributed by atoms with Gasteiger partial charge in [-0.15, -0.1) is 0 Å². The van der Waals surface area contributed by atoms with Crippen LogP contribution in [-0.2, 0) is 6.42 Å². The van der Waals surface area contributed by atoms with Gasteiger partial charge in [0.05, 0.1) is 0 Å². The quantitative estimate of drug-likeness (QED) is 0.920. The van der Waals surface area contributed by atoms with E-state index in [2.05, 4.69) is 24.9 Å². The van der Waals surface area contributed by atoms with Crippen molar-refractivity contribution >= 4 is 5.82 Å². The van der Waals surface area contributed by atoms with Crippen LogP contribution in [-0.4, -0.2) is 4.98 Å². The van der Waals surface area contributed by atoms with E-state index in [1.165, 1.54) is 5.56 Å². The van der Waals surface area contributed by atoms with Crippen LogP contribution in [0.2, 0.25) is 0 Å². The summed E-state index contributed by atoms with van der Waals surface area (Å²) >= 11 is 0. The van der Waals surface area contributed by atoms with Crippen LogP contribution < -0.4 is 5.73 Å². The molecular weight excluding hydrogens is 246 g/mol. The van der Waals surface area contributed by atoms with Gasteiger partial charge in [-0.05, 0) is 30.9 Å². The van der Waals surface area contributed by atoms with Gasteiger partial charge in [-0.25, -0.2) is 4.98 Å². The van der Waals surface area contributed by atoms with Gasteiger partial charge in [0.15, 0.2) is 0 Å². The summed E-state index contributed by atoms with van der Waals surface area (Å²) in [4.78, 5) is 4.34. The fourth-order valence-corrected chi connectivity index (χ4v) is 2.22. The van der Waals surface area contributed by atoms with Gasteiger partial charge >= 0.3 is 0 Å². The van der Waals surface area contributed by atoms with Crippen molar-refractivity contribution in [2.24, 2.45) is 5.92 Å². The maximum Gasteiger partial charge on any atom is 0.142 e.